The largest absolute Gasteiger partial charge is 0.497 e. The molecule has 2 amide bonds. The number of anilines is 2. The topological polar surface area (TPSA) is 50.4 Å². The van der Waals surface area contributed by atoms with Crippen molar-refractivity contribution in [1.29, 1.82) is 0 Å². The van der Waals surface area contributed by atoms with Crippen LogP contribution in [0.1, 0.15) is 18.1 Å². The zero-order chi connectivity index (χ0) is 15.2. The van der Waals surface area contributed by atoms with E-state index >= 15 is 0 Å². The van der Waals surface area contributed by atoms with Gasteiger partial charge < -0.3 is 15.4 Å². The molecule has 0 unspecified atom stereocenters. The first kappa shape index (κ1) is 14.9. The van der Waals surface area contributed by atoms with Gasteiger partial charge in [0.1, 0.15) is 5.75 Å². The number of urea groups is 1. The minimum absolute atomic E-state index is 0.246. The van der Waals surface area contributed by atoms with Crippen LogP contribution in [-0.2, 0) is 6.42 Å². The van der Waals surface area contributed by atoms with Gasteiger partial charge in [0, 0.05) is 11.4 Å². The highest BCUT2D eigenvalue weighted by Crippen LogP contribution is 2.21. The highest BCUT2D eigenvalue weighted by atomic mass is 16.5. The molecule has 0 radical (unpaired) electrons. The number of hydrogen-bond donors (Lipinski definition) is 2. The molecule has 2 N–H and O–H groups in total. The Kier molecular flexibility index (Phi) is 4.82. The van der Waals surface area contributed by atoms with Crippen molar-refractivity contribution < 1.29 is 9.53 Å². The Morgan fingerprint density at radius 3 is 2.48 bits per heavy atom. The summed E-state index contributed by atoms with van der Waals surface area (Å²) < 4.78 is 5.15. The van der Waals surface area contributed by atoms with Crippen LogP contribution in [0.3, 0.4) is 0 Å². The second-order valence-electron chi connectivity index (χ2n) is 4.77. The van der Waals surface area contributed by atoms with E-state index in [0.29, 0.717) is 0 Å². The number of methoxy groups -OCH3 is 1. The number of amides is 2. The van der Waals surface area contributed by atoms with Crippen LogP contribution in [0.4, 0.5) is 16.2 Å². The monoisotopic (exact) mass is 284 g/mol. The lowest BCUT2D eigenvalue weighted by Gasteiger charge is -2.13. The molecule has 0 bridgehead atoms. The van der Waals surface area contributed by atoms with Gasteiger partial charge in [-0.3, -0.25) is 0 Å². The minimum Gasteiger partial charge on any atom is -0.497 e. The lowest BCUT2D eigenvalue weighted by molar-refractivity contribution is 0.262. The van der Waals surface area contributed by atoms with Crippen LogP contribution in [-0.4, -0.2) is 13.1 Å². The molecule has 0 fully saturated rings. The van der Waals surface area contributed by atoms with Gasteiger partial charge in [0.2, 0.25) is 0 Å². The number of nitrogens with one attached hydrogen (secondary N) is 2. The van der Waals surface area contributed by atoms with E-state index in [1.54, 1.807) is 7.11 Å². The van der Waals surface area contributed by atoms with Crippen molar-refractivity contribution in [2.45, 2.75) is 20.3 Å². The zero-order valence-corrected chi connectivity index (χ0v) is 12.6. The summed E-state index contributed by atoms with van der Waals surface area (Å²) in [6, 6.07) is 13.1. The second kappa shape index (κ2) is 6.79. The van der Waals surface area contributed by atoms with Crippen molar-refractivity contribution in [3.63, 3.8) is 0 Å². The summed E-state index contributed by atoms with van der Waals surface area (Å²) >= 11 is 0. The van der Waals surface area contributed by atoms with Crippen molar-refractivity contribution in [2.24, 2.45) is 0 Å². The van der Waals surface area contributed by atoms with Gasteiger partial charge in [-0.15, -0.1) is 0 Å². The molecule has 2 aromatic rings. The molecule has 4 nitrogen and oxygen atoms in total. The Hall–Kier alpha value is -2.49. The summed E-state index contributed by atoms with van der Waals surface area (Å²) in [5.41, 5.74) is 3.67. The molecule has 0 aliphatic carbocycles. The molecule has 2 aromatic carbocycles. The molecule has 4 heteroatoms. The Bertz CT molecular complexity index is 638. The molecule has 0 saturated heterocycles. The van der Waals surface area contributed by atoms with Gasteiger partial charge in [-0.1, -0.05) is 25.1 Å². The Labute approximate surface area is 125 Å². The van der Waals surface area contributed by atoms with Crippen LogP contribution in [0.5, 0.6) is 5.75 Å². The Morgan fingerprint density at radius 2 is 1.81 bits per heavy atom. The van der Waals surface area contributed by atoms with Crippen molar-refractivity contribution in [3.8, 4) is 5.75 Å². The average Bonchev–Trinajstić information content (AvgIpc) is 2.49. The number of aryl methyl sites for hydroxylation is 2. The van der Waals surface area contributed by atoms with Crippen LogP contribution in [0, 0.1) is 6.92 Å². The van der Waals surface area contributed by atoms with E-state index in [1.807, 2.05) is 49.4 Å². The third-order valence-corrected chi connectivity index (χ3v) is 3.33. The third kappa shape index (κ3) is 3.75. The predicted molar refractivity (Wildman–Crippen MR) is 86.2 cm³/mol. The molecule has 0 spiro atoms. The van der Waals surface area contributed by atoms with Crippen molar-refractivity contribution in [3.05, 3.63) is 53.6 Å². The third-order valence-electron chi connectivity index (χ3n) is 3.33. The molecule has 0 aromatic heterocycles. The van der Waals surface area contributed by atoms with Gasteiger partial charge in [0.05, 0.1) is 7.11 Å². The van der Waals surface area contributed by atoms with Gasteiger partial charge in [-0.25, -0.2) is 4.79 Å². The zero-order valence-electron chi connectivity index (χ0n) is 12.6. The number of ether oxygens (including phenoxy) is 1. The van der Waals surface area contributed by atoms with Crippen molar-refractivity contribution in [1.82, 2.24) is 0 Å². The molecule has 0 aliphatic heterocycles. The van der Waals surface area contributed by atoms with E-state index in [9.17, 15) is 4.79 Å². The fraction of sp³-hybridized carbons (Fsp3) is 0.235. The molecule has 0 heterocycles. The first-order chi connectivity index (χ1) is 10.1. The maximum Gasteiger partial charge on any atom is 0.323 e. The lowest BCUT2D eigenvalue weighted by atomic mass is 10.1. The molecule has 110 valence electrons. The van der Waals surface area contributed by atoms with E-state index in [1.165, 1.54) is 0 Å². The molecule has 2 rings (SSSR count). The fourth-order valence-corrected chi connectivity index (χ4v) is 2.13. The second-order valence-corrected chi connectivity index (χ2v) is 4.77. The quantitative estimate of drug-likeness (QED) is 0.883. The van der Waals surface area contributed by atoms with Crippen molar-refractivity contribution in [2.75, 3.05) is 17.7 Å². The van der Waals surface area contributed by atoms with Gasteiger partial charge in [-0.2, -0.15) is 0 Å². The van der Waals surface area contributed by atoms with Gasteiger partial charge >= 0.3 is 6.03 Å². The summed E-state index contributed by atoms with van der Waals surface area (Å²) in [6.45, 7) is 3.99. The summed E-state index contributed by atoms with van der Waals surface area (Å²) in [5.74, 6) is 0.773. The SMILES string of the molecule is CCc1ccccc1NC(=O)Nc1ccc(OC)cc1C. The van der Waals surface area contributed by atoms with Crippen LogP contribution in [0.2, 0.25) is 0 Å². The highest BCUT2D eigenvalue weighted by Gasteiger charge is 2.07. The Morgan fingerprint density at radius 1 is 1.10 bits per heavy atom. The minimum atomic E-state index is -0.246. The molecule has 0 atom stereocenters. The molecule has 0 aliphatic rings. The van der Waals surface area contributed by atoms with Gasteiger partial charge in [-0.05, 0) is 48.7 Å². The summed E-state index contributed by atoms with van der Waals surface area (Å²) in [6.07, 6.45) is 0.873. The van der Waals surface area contributed by atoms with E-state index in [0.717, 1.165) is 34.7 Å². The highest BCUT2D eigenvalue weighted by molar-refractivity contribution is 6.00. The molecule has 0 saturated carbocycles. The van der Waals surface area contributed by atoms with Crippen LogP contribution in [0.15, 0.2) is 42.5 Å². The number of para-hydroxylation sites is 1. The summed E-state index contributed by atoms with van der Waals surface area (Å²) in [4.78, 5) is 12.1. The van der Waals surface area contributed by atoms with E-state index < -0.39 is 0 Å². The first-order valence-electron chi connectivity index (χ1n) is 6.94. The normalized spacial score (nSPS) is 10.0. The number of carbonyl (C=O) groups excluding carboxylic acids is 1. The van der Waals surface area contributed by atoms with Crippen LogP contribution < -0.4 is 15.4 Å². The number of rotatable bonds is 4. The van der Waals surface area contributed by atoms with Crippen LogP contribution in [0.25, 0.3) is 0 Å². The lowest BCUT2D eigenvalue weighted by Crippen LogP contribution is -2.20. The van der Waals surface area contributed by atoms with Crippen LogP contribution >= 0.6 is 0 Å². The predicted octanol–water partition coefficient (Wildman–Crippen LogP) is 4.21. The van der Waals surface area contributed by atoms with E-state index in [-0.39, 0.29) is 6.03 Å². The Balaban J connectivity index is 2.08. The van der Waals surface area contributed by atoms with Gasteiger partial charge in [0.25, 0.3) is 0 Å². The number of hydrogen-bond acceptors (Lipinski definition) is 2. The van der Waals surface area contributed by atoms with E-state index in [4.69, 9.17) is 4.74 Å². The smallest absolute Gasteiger partial charge is 0.323 e. The fourth-order valence-electron chi connectivity index (χ4n) is 2.13. The maximum atomic E-state index is 12.1. The van der Waals surface area contributed by atoms with Gasteiger partial charge in [0.15, 0.2) is 0 Å². The summed E-state index contributed by atoms with van der Waals surface area (Å²) in [7, 11) is 1.62. The summed E-state index contributed by atoms with van der Waals surface area (Å²) in [5, 5.41) is 5.74. The number of carbonyl (C=O) groups is 1. The van der Waals surface area contributed by atoms with E-state index in [2.05, 4.69) is 17.6 Å². The molecular weight excluding hydrogens is 264 g/mol. The number of benzene rings is 2. The first-order valence-corrected chi connectivity index (χ1v) is 6.94. The molecule has 21 heavy (non-hydrogen) atoms. The van der Waals surface area contributed by atoms with Crippen molar-refractivity contribution >= 4 is 17.4 Å². The average molecular weight is 284 g/mol. The molecular formula is C17H20N2O2. The standard InChI is InChI=1S/C17H20N2O2/c1-4-13-7-5-6-8-16(13)19-17(20)18-15-10-9-14(21-3)11-12(15)2/h5-11H,4H2,1-3H3,(H2,18,19,20). The maximum absolute atomic E-state index is 12.1.